The van der Waals surface area contributed by atoms with Crippen molar-refractivity contribution in [2.75, 3.05) is 19.5 Å². The Hall–Kier alpha value is -2.87. The third-order valence-electron chi connectivity index (χ3n) is 3.28. The van der Waals surface area contributed by atoms with Gasteiger partial charge >= 0.3 is 12.6 Å². The van der Waals surface area contributed by atoms with Crippen LogP contribution in [0.15, 0.2) is 36.4 Å². The molecule has 0 heterocycles. The number of halogens is 3. The molecule has 0 radical (unpaired) electrons. The molecule has 2 aromatic carbocycles. The quantitative estimate of drug-likeness (QED) is 0.761. The van der Waals surface area contributed by atoms with Crippen molar-refractivity contribution < 1.29 is 32.6 Å². The molecule has 138 valence electrons. The monoisotopic (exact) mass is 385 g/mol. The summed E-state index contributed by atoms with van der Waals surface area (Å²) in [6.07, 6.45) is 0. The van der Waals surface area contributed by atoms with Gasteiger partial charge in [0, 0.05) is 5.56 Å². The van der Waals surface area contributed by atoms with E-state index in [2.05, 4.69) is 14.8 Å². The fraction of sp³-hybridized carbons (Fsp3) is 0.176. The molecule has 0 fully saturated rings. The fourth-order valence-corrected chi connectivity index (χ4v) is 2.23. The van der Waals surface area contributed by atoms with Gasteiger partial charge in [0.2, 0.25) is 0 Å². The van der Waals surface area contributed by atoms with E-state index in [-0.39, 0.29) is 33.3 Å². The maximum atomic E-state index is 12.4. The van der Waals surface area contributed by atoms with Crippen LogP contribution in [0.25, 0.3) is 0 Å². The summed E-state index contributed by atoms with van der Waals surface area (Å²) in [5.74, 6) is -1.42. The normalized spacial score (nSPS) is 10.4. The second-order valence-electron chi connectivity index (χ2n) is 4.88. The van der Waals surface area contributed by atoms with Crippen molar-refractivity contribution in [2.45, 2.75) is 6.61 Å². The number of hydrogen-bond donors (Lipinski definition) is 1. The number of benzene rings is 2. The van der Waals surface area contributed by atoms with E-state index in [1.807, 2.05) is 0 Å². The highest BCUT2D eigenvalue weighted by molar-refractivity contribution is 6.34. The molecule has 1 N–H and O–H groups in total. The minimum absolute atomic E-state index is 0.0349. The third kappa shape index (κ3) is 4.60. The minimum atomic E-state index is -3.02. The van der Waals surface area contributed by atoms with Crippen LogP contribution in [0.2, 0.25) is 5.02 Å². The van der Waals surface area contributed by atoms with Gasteiger partial charge in [-0.15, -0.1) is 0 Å². The highest BCUT2D eigenvalue weighted by Gasteiger charge is 2.16. The molecule has 0 aliphatic carbocycles. The highest BCUT2D eigenvalue weighted by atomic mass is 35.5. The molecule has 9 heteroatoms. The Bertz CT molecular complexity index is 829. The second-order valence-corrected chi connectivity index (χ2v) is 5.29. The summed E-state index contributed by atoms with van der Waals surface area (Å²) in [5, 5.41) is 2.74. The molecule has 0 bridgehead atoms. The maximum absolute atomic E-state index is 12.4. The Balaban J connectivity index is 2.26. The lowest BCUT2D eigenvalue weighted by Gasteiger charge is -2.12. The van der Waals surface area contributed by atoms with E-state index in [1.54, 1.807) is 0 Å². The number of methoxy groups -OCH3 is 2. The smallest absolute Gasteiger partial charge is 0.387 e. The van der Waals surface area contributed by atoms with Crippen molar-refractivity contribution in [3.63, 3.8) is 0 Å². The van der Waals surface area contributed by atoms with Gasteiger partial charge in [-0.2, -0.15) is 8.78 Å². The molecule has 2 rings (SSSR count). The molecule has 0 aliphatic heterocycles. The molecule has 0 spiro atoms. The zero-order chi connectivity index (χ0) is 19.3. The standard InChI is InChI=1S/C17H14ClF2NO5/c1-24-14-8-9(4-6-13(14)26-17(19)20)15(22)21-12-7-10(16(23)25-2)3-5-11(12)18/h3-8,17H,1-2H3,(H,21,22). The molecule has 0 aliphatic rings. The molecule has 0 atom stereocenters. The van der Waals surface area contributed by atoms with Gasteiger partial charge in [0.15, 0.2) is 11.5 Å². The molecular formula is C17H14ClF2NO5. The van der Waals surface area contributed by atoms with Gasteiger partial charge in [0.05, 0.1) is 30.5 Å². The molecule has 6 nitrogen and oxygen atoms in total. The topological polar surface area (TPSA) is 73.9 Å². The van der Waals surface area contributed by atoms with E-state index in [0.29, 0.717) is 0 Å². The summed E-state index contributed by atoms with van der Waals surface area (Å²) in [7, 11) is 2.48. The summed E-state index contributed by atoms with van der Waals surface area (Å²) in [4.78, 5) is 24.0. The van der Waals surface area contributed by atoms with Crippen LogP contribution in [-0.2, 0) is 4.74 Å². The first kappa shape index (κ1) is 19.5. The Morgan fingerprint density at radius 3 is 2.35 bits per heavy atom. The number of esters is 1. The van der Waals surface area contributed by atoms with Crippen molar-refractivity contribution in [1.82, 2.24) is 0 Å². The summed E-state index contributed by atoms with van der Waals surface area (Å²) >= 11 is 6.02. The van der Waals surface area contributed by atoms with Gasteiger partial charge in [-0.1, -0.05) is 11.6 Å². The number of hydrogen-bond acceptors (Lipinski definition) is 5. The molecule has 26 heavy (non-hydrogen) atoms. The largest absolute Gasteiger partial charge is 0.493 e. The molecule has 0 saturated heterocycles. The predicted octanol–water partition coefficient (Wildman–Crippen LogP) is 3.99. The third-order valence-corrected chi connectivity index (χ3v) is 3.61. The number of anilines is 1. The lowest BCUT2D eigenvalue weighted by molar-refractivity contribution is -0.0512. The van der Waals surface area contributed by atoms with Crippen molar-refractivity contribution in [1.29, 1.82) is 0 Å². The number of alkyl halides is 2. The van der Waals surface area contributed by atoms with Crippen LogP contribution >= 0.6 is 11.6 Å². The van der Waals surface area contributed by atoms with E-state index >= 15 is 0 Å². The van der Waals surface area contributed by atoms with Gasteiger partial charge in [-0.05, 0) is 36.4 Å². The van der Waals surface area contributed by atoms with Crippen molar-refractivity contribution in [3.8, 4) is 11.5 Å². The zero-order valence-corrected chi connectivity index (χ0v) is 14.5. The Kier molecular flexibility index (Phi) is 6.35. The number of carbonyl (C=O) groups is 2. The van der Waals surface area contributed by atoms with Crippen LogP contribution in [0.3, 0.4) is 0 Å². The van der Waals surface area contributed by atoms with Gasteiger partial charge in [-0.25, -0.2) is 4.79 Å². The maximum Gasteiger partial charge on any atom is 0.387 e. The molecule has 0 saturated carbocycles. The van der Waals surface area contributed by atoms with E-state index in [9.17, 15) is 18.4 Å². The molecule has 2 aromatic rings. The summed E-state index contributed by atoms with van der Waals surface area (Å²) in [6.45, 7) is -3.02. The lowest BCUT2D eigenvalue weighted by Crippen LogP contribution is -2.13. The van der Waals surface area contributed by atoms with Gasteiger partial charge in [0.25, 0.3) is 5.91 Å². The van der Waals surface area contributed by atoms with Crippen LogP contribution in [0, 0.1) is 0 Å². The van der Waals surface area contributed by atoms with Crippen LogP contribution in [0.5, 0.6) is 11.5 Å². The first-order chi connectivity index (χ1) is 12.3. The molecular weight excluding hydrogens is 372 g/mol. The van der Waals surface area contributed by atoms with Crippen LogP contribution < -0.4 is 14.8 Å². The highest BCUT2D eigenvalue weighted by Crippen LogP contribution is 2.30. The fourth-order valence-electron chi connectivity index (χ4n) is 2.06. The average molecular weight is 386 g/mol. The number of nitrogens with one attached hydrogen (secondary N) is 1. The van der Waals surface area contributed by atoms with Gasteiger partial charge in [0.1, 0.15) is 0 Å². The van der Waals surface area contributed by atoms with Gasteiger partial charge in [-0.3, -0.25) is 4.79 Å². The van der Waals surface area contributed by atoms with Crippen LogP contribution in [0.1, 0.15) is 20.7 Å². The second kappa shape index (κ2) is 8.48. The molecule has 1 amide bonds. The predicted molar refractivity (Wildman–Crippen MR) is 90.4 cm³/mol. The van der Waals surface area contributed by atoms with E-state index in [4.69, 9.17) is 16.3 Å². The number of amides is 1. The number of rotatable bonds is 6. The van der Waals surface area contributed by atoms with Gasteiger partial charge < -0.3 is 19.5 Å². The summed E-state index contributed by atoms with van der Waals surface area (Å²) in [6, 6.07) is 7.95. The van der Waals surface area contributed by atoms with Crippen LogP contribution in [-0.4, -0.2) is 32.7 Å². The number of ether oxygens (including phenoxy) is 3. The summed E-state index contributed by atoms with van der Waals surface area (Å²) < 4.78 is 38.6. The van der Waals surface area contributed by atoms with Crippen molar-refractivity contribution in [3.05, 3.63) is 52.5 Å². The first-order valence-electron chi connectivity index (χ1n) is 7.17. The zero-order valence-electron chi connectivity index (χ0n) is 13.7. The summed E-state index contributed by atoms with van der Waals surface area (Å²) in [5.41, 5.74) is 0.500. The van der Waals surface area contributed by atoms with E-state index < -0.39 is 18.5 Å². The lowest BCUT2D eigenvalue weighted by atomic mass is 10.1. The van der Waals surface area contributed by atoms with Crippen molar-refractivity contribution >= 4 is 29.2 Å². The molecule has 0 unspecified atom stereocenters. The van der Waals surface area contributed by atoms with E-state index in [1.165, 1.54) is 50.6 Å². The van der Waals surface area contributed by atoms with Crippen molar-refractivity contribution in [2.24, 2.45) is 0 Å². The Morgan fingerprint density at radius 1 is 1.04 bits per heavy atom. The number of carbonyl (C=O) groups excluding carboxylic acids is 2. The average Bonchev–Trinajstić information content (AvgIpc) is 2.62. The molecule has 0 aromatic heterocycles. The minimum Gasteiger partial charge on any atom is -0.493 e. The van der Waals surface area contributed by atoms with E-state index in [0.717, 1.165) is 0 Å². The Morgan fingerprint density at radius 2 is 1.73 bits per heavy atom. The SMILES string of the molecule is COC(=O)c1ccc(Cl)c(NC(=O)c2ccc(OC(F)F)c(OC)c2)c1. The van der Waals surface area contributed by atoms with Crippen LogP contribution in [0.4, 0.5) is 14.5 Å². The Labute approximate surface area is 152 Å². The first-order valence-corrected chi connectivity index (χ1v) is 7.55.